The molecule has 0 saturated heterocycles. The van der Waals surface area contributed by atoms with Crippen molar-refractivity contribution >= 4 is 5.91 Å². The summed E-state index contributed by atoms with van der Waals surface area (Å²) in [5.74, 6) is 1.50. The molecule has 1 aliphatic carbocycles. The summed E-state index contributed by atoms with van der Waals surface area (Å²) in [4.78, 5) is 14.8. The summed E-state index contributed by atoms with van der Waals surface area (Å²) in [5.41, 5.74) is 3.62. The van der Waals surface area contributed by atoms with Crippen LogP contribution in [0.4, 0.5) is 0 Å². The van der Waals surface area contributed by atoms with Gasteiger partial charge in [-0.15, -0.1) is 0 Å². The number of carbonyl (C=O) groups excluding carboxylic acids is 1. The van der Waals surface area contributed by atoms with Crippen molar-refractivity contribution in [3.63, 3.8) is 0 Å². The van der Waals surface area contributed by atoms with Crippen molar-refractivity contribution in [2.45, 2.75) is 31.8 Å². The van der Waals surface area contributed by atoms with Gasteiger partial charge in [0.25, 0.3) is 0 Å². The van der Waals surface area contributed by atoms with Crippen LogP contribution in [0.1, 0.15) is 35.6 Å². The SMILES string of the molecule is COCC(=O)N(Cc1ccc2c(c1)OCO2)C1CCCc2ccccc21. The monoisotopic (exact) mass is 353 g/mol. The first-order valence-electron chi connectivity index (χ1n) is 9.01. The van der Waals surface area contributed by atoms with E-state index in [2.05, 4.69) is 24.3 Å². The molecule has 5 heteroatoms. The van der Waals surface area contributed by atoms with Gasteiger partial charge in [0.1, 0.15) is 6.61 Å². The van der Waals surface area contributed by atoms with E-state index in [9.17, 15) is 4.79 Å². The summed E-state index contributed by atoms with van der Waals surface area (Å²) < 4.78 is 16.0. The predicted octanol–water partition coefficient (Wildman–Crippen LogP) is 3.47. The summed E-state index contributed by atoms with van der Waals surface area (Å²) >= 11 is 0. The third-order valence-corrected chi connectivity index (χ3v) is 5.09. The molecule has 1 unspecified atom stereocenters. The summed E-state index contributed by atoms with van der Waals surface area (Å²) in [7, 11) is 1.56. The van der Waals surface area contributed by atoms with Crippen LogP contribution in [0.2, 0.25) is 0 Å². The predicted molar refractivity (Wildman–Crippen MR) is 97.1 cm³/mol. The van der Waals surface area contributed by atoms with Crippen LogP contribution in [0.3, 0.4) is 0 Å². The van der Waals surface area contributed by atoms with Crippen LogP contribution in [-0.4, -0.2) is 31.3 Å². The number of ether oxygens (including phenoxy) is 3. The first-order chi connectivity index (χ1) is 12.8. The Kier molecular flexibility index (Phi) is 4.80. The zero-order valence-corrected chi connectivity index (χ0v) is 14.9. The molecule has 0 saturated carbocycles. The average Bonchev–Trinajstić information content (AvgIpc) is 3.14. The fourth-order valence-electron chi connectivity index (χ4n) is 3.87. The van der Waals surface area contributed by atoms with Crippen molar-refractivity contribution in [2.75, 3.05) is 20.5 Å². The Morgan fingerprint density at radius 2 is 2.04 bits per heavy atom. The van der Waals surface area contributed by atoms with Crippen LogP contribution < -0.4 is 9.47 Å². The van der Waals surface area contributed by atoms with Crippen LogP contribution >= 0.6 is 0 Å². The third-order valence-electron chi connectivity index (χ3n) is 5.09. The summed E-state index contributed by atoms with van der Waals surface area (Å²) in [6.07, 6.45) is 3.12. The van der Waals surface area contributed by atoms with E-state index >= 15 is 0 Å². The van der Waals surface area contributed by atoms with Crippen molar-refractivity contribution in [2.24, 2.45) is 0 Å². The average molecular weight is 353 g/mol. The van der Waals surface area contributed by atoms with Gasteiger partial charge in [-0.1, -0.05) is 30.3 Å². The lowest BCUT2D eigenvalue weighted by Gasteiger charge is -2.36. The number of hydrogen-bond acceptors (Lipinski definition) is 4. The molecule has 136 valence electrons. The Morgan fingerprint density at radius 3 is 2.92 bits per heavy atom. The lowest BCUT2D eigenvalue weighted by molar-refractivity contribution is -0.138. The third kappa shape index (κ3) is 3.27. The Balaban J connectivity index is 1.64. The van der Waals surface area contributed by atoms with Crippen molar-refractivity contribution in [1.82, 2.24) is 4.90 Å². The van der Waals surface area contributed by atoms with E-state index < -0.39 is 0 Å². The van der Waals surface area contributed by atoms with Crippen LogP contribution in [0.5, 0.6) is 11.5 Å². The molecular formula is C21H23NO4. The van der Waals surface area contributed by atoms with Crippen molar-refractivity contribution in [3.8, 4) is 11.5 Å². The number of benzene rings is 2. The van der Waals surface area contributed by atoms with Crippen LogP contribution in [0, 0.1) is 0 Å². The molecule has 1 aliphatic heterocycles. The number of fused-ring (bicyclic) bond motifs is 2. The molecule has 0 bridgehead atoms. The van der Waals surface area contributed by atoms with Crippen molar-refractivity contribution in [1.29, 1.82) is 0 Å². The minimum absolute atomic E-state index is 0.00636. The molecule has 1 atom stereocenters. The van der Waals surface area contributed by atoms with Gasteiger partial charge in [-0.05, 0) is 48.1 Å². The molecule has 2 aromatic rings. The van der Waals surface area contributed by atoms with Gasteiger partial charge in [0, 0.05) is 13.7 Å². The highest BCUT2D eigenvalue weighted by atomic mass is 16.7. The number of amides is 1. The number of hydrogen-bond donors (Lipinski definition) is 0. The molecule has 2 aliphatic rings. The zero-order valence-electron chi connectivity index (χ0n) is 14.9. The maximum absolute atomic E-state index is 12.8. The normalized spacial score (nSPS) is 17.7. The van der Waals surface area contributed by atoms with Gasteiger partial charge in [-0.25, -0.2) is 0 Å². The smallest absolute Gasteiger partial charge is 0.249 e. The van der Waals surface area contributed by atoms with Gasteiger partial charge in [-0.3, -0.25) is 4.79 Å². The Labute approximate surface area is 153 Å². The summed E-state index contributed by atoms with van der Waals surface area (Å²) in [6, 6.07) is 14.4. The lowest BCUT2D eigenvalue weighted by Crippen LogP contribution is -2.38. The van der Waals surface area contributed by atoms with Crippen molar-refractivity contribution < 1.29 is 19.0 Å². The van der Waals surface area contributed by atoms with E-state index in [1.165, 1.54) is 11.1 Å². The topological polar surface area (TPSA) is 48.0 Å². The van der Waals surface area contributed by atoms with Gasteiger partial charge >= 0.3 is 0 Å². The van der Waals surface area contributed by atoms with E-state index in [1.54, 1.807) is 7.11 Å². The van der Waals surface area contributed by atoms with Gasteiger partial charge in [0.15, 0.2) is 11.5 Å². The fraction of sp³-hybridized carbons (Fsp3) is 0.381. The minimum Gasteiger partial charge on any atom is -0.454 e. The van der Waals surface area contributed by atoms with Crippen molar-refractivity contribution in [3.05, 3.63) is 59.2 Å². The molecule has 4 rings (SSSR count). The maximum Gasteiger partial charge on any atom is 0.249 e. The number of aryl methyl sites for hydroxylation is 1. The van der Waals surface area contributed by atoms with Gasteiger partial charge in [0.2, 0.25) is 12.7 Å². The van der Waals surface area contributed by atoms with E-state index in [1.807, 2.05) is 23.1 Å². The number of rotatable bonds is 5. The van der Waals surface area contributed by atoms with Gasteiger partial charge < -0.3 is 19.1 Å². The van der Waals surface area contributed by atoms with E-state index in [0.29, 0.717) is 6.54 Å². The first kappa shape index (κ1) is 16.9. The molecular weight excluding hydrogens is 330 g/mol. The van der Waals surface area contributed by atoms with Gasteiger partial charge in [-0.2, -0.15) is 0 Å². The highest BCUT2D eigenvalue weighted by Crippen LogP contribution is 2.37. The Hall–Kier alpha value is -2.53. The number of methoxy groups -OCH3 is 1. The van der Waals surface area contributed by atoms with Crippen LogP contribution in [-0.2, 0) is 22.5 Å². The molecule has 2 aromatic carbocycles. The van der Waals surface area contributed by atoms with E-state index in [0.717, 1.165) is 36.3 Å². The molecule has 1 amide bonds. The lowest BCUT2D eigenvalue weighted by atomic mass is 9.86. The quantitative estimate of drug-likeness (QED) is 0.826. The molecule has 0 aromatic heterocycles. The molecule has 1 heterocycles. The molecule has 0 spiro atoms. The highest BCUT2D eigenvalue weighted by Gasteiger charge is 2.29. The van der Waals surface area contributed by atoms with Crippen LogP contribution in [0.25, 0.3) is 0 Å². The highest BCUT2D eigenvalue weighted by molar-refractivity contribution is 5.78. The molecule has 0 N–H and O–H groups in total. The molecule has 26 heavy (non-hydrogen) atoms. The second kappa shape index (κ2) is 7.38. The van der Waals surface area contributed by atoms with E-state index in [4.69, 9.17) is 14.2 Å². The van der Waals surface area contributed by atoms with Crippen LogP contribution in [0.15, 0.2) is 42.5 Å². The summed E-state index contributed by atoms with van der Waals surface area (Å²) in [6.45, 7) is 0.863. The number of carbonyl (C=O) groups is 1. The summed E-state index contributed by atoms with van der Waals surface area (Å²) in [5, 5.41) is 0. The zero-order chi connectivity index (χ0) is 17.9. The minimum atomic E-state index is 0.00636. The second-order valence-electron chi connectivity index (χ2n) is 6.75. The second-order valence-corrected chi connectivity index (χ2v) is 6.75. The van der Waals surface area contributed by atoms with Gasteiger partial charge in [0.05, 0.1) is 6.04 Å². The maximum atomic E-state index is 12.8. The molecule has 0 radical (unpaired) electrons. The Bertz CT molecular complexity index is 804. The van der Waals surface area contributed by atoms with E-state index in [-0.39, 0.29) is 25.3 Å². The first-order valence-corrected chi connectivity index (χ1v) is 9.01. The Morgan fingerprint density at radius 1 is 1.19 bits per heavy atom. The fourth-order valence-corrected chi connectivity index (χ4v) is 3.87. The standard InChI is InChI=1S/C21H23NO4/c1-24-13-21(23)22(12-15-9-10-19-20(11-15)26-14-25-19)18-8-4-6-16-5-2-3-7-17(16)18/h2-3,5,7,9-11,18H,4,6,8,12-14H2,1H3. The largest absolute Gasteiger partial charge is 0.454 e. The molecule has 0 fully saturated rings. The number of nitrogens with zero attached hydrogens (tertiary/aromatic N) is 1. The molecule has 5 nitrogen and oxygen atoms in total.